The Hall–Kier alpha value is -1.91. The number of benzene rings is 1. The summed E-state index contributed by atoms with van der Waals surface area (Å²) in [4.78, 5) is 13.4. The molecule has 0 saturated carbocycles. The molecule has 0 saturated heterocycles. The van der Waals surface area contributed by atoms with Crippen molar-refractivity contribution in [3.8, 4) is 6.07 Å². The molecule has 1 aromatic rings. The van der Waals surface area contributed by atoms with Gasteiger partial charge in [-0.15, -0.1) is 0 Å². The molecule has 108 valence electrons. The number of carbonyl (C=O) groups excluding carboxylic acids is 1. The summed E-state index contributed by atoms with van der Waals surface area (Å²) in [6, 6.07) is 8.59. The van der Waals surface area contributed by atoms with Crippen LogP contribution in [-0.2, 0) is 14.6 Å². The summed E-state index contributed by atoms with van der Waals surface area (Å²) in [5.74, 6) is -0.239. The van der Waals surface area contributed by atoms with Crippen molar-refractivity contribution in [1.29, 1.82) is 5.26 Å². The topological polar surface area (TPSA) is 90.3 Å². The van der Waals surface area contributed by atoms with E-state index < -0.39 is 9.84 Å². The summed E-state index contributed by atoms with van der Waals surface area (Å²) in [5.41, 5.74) is 1.01. The molecule has 6 nitrogen and oxygen atoms in total. The van der Waals surface area contributed by atoms with E-state index in [1.54, 1.807) is 36.2 Å². The zero-order chi connectivity index (χ0) is 15.2. The first-order valence-corrected chi connectivity index (χ1v) is 8.02. The molecule has 0 aliphatic carbocycles. The molecule has 0 bridgehead atoms. The van der Waals surface area contributed by atoms with Gasteiger partial charge in [0.05, 0.1) is 23.9 Å². The van der Waals surface area contributed by atoms with Crippen molar-refractivity contribution in [3.63, 3.8) is 0 Å². The Morgan fingerprint density at radius 2 is 2.15 bits per heavy atom. The maximum Gasteiger partial charge on any atom is 0.238 e. The average Bonchev–Trinajstić information content (AvgIpc) is 2.35. The Morgan fingerprint density at radius 3 is 2.75 bits per heavy atom. The van der Waals surface area contributed by atoms with Crippen LogP contribution in [0.25, 0.3) is 0 Å². The molecule has 0 spiro atoms. The fraction of sp³-hybridized carbons (Fsp3) is 0.385. The molecular weight excluding hydrogens is 278 g/mol. The lowest BCUT2D eigenvalue weighted by atomic mass is 10.2. The second kappa shape index (κ2) is 7.03. The van der Waals surface area contributed by atoms with Crippen LogP contribution in [0.2, 0.25) is 0 Å². The third-order valence-corrected chi connectivity index (χ3v) is 3.46. The SMILES string of the molecule is CN(CCS(C)(=O)=O)CC(=O)Nc1cccc(C#N)c1. The predicted molar refractivity (Wildman–Crippen MR) is 77.0 cm³/mol. The van der Waals surface area contributed by atoms with Crippen molar-refractivity contribution in [1.82, 2.24) is 4.90 Å². The summed E-state index contributed by atoms with van der Waals surface area (Å²) in [7, 11) is -1.36. The Kier molecular flexibility index (Phi) is 5.67. The molecule has 1 aromatic carbocycles. The van der Waals surface area contributed by atoms with E-state index in [0.717, 1.165) is 6.26 Å². The molecule has 0 heterocycles. The molecule has 0 fully saturated rings. The van der Waals surface area contributed by atoms with Crippen LogP contribution in [0.15, 0.2) is 24.3 Å². The van der Waals surface area contributed by atoms with Gasteiger partial charge in [0.2, 0.25) is 5.91 Å². The molecule has 0 aromatic heterocycles. The number of nitrogens with zero attached hydrogens (tertiary/aromatic N) is 2. The van der Waals surface area contributed by atoms with E-state index in [4.69, 9.17) is 5.26 Å². The third kappa shape index (κ3) is 6.31. The Bertz CT molecular complexity index is 620. The van der Waals surface area contributed by atoms with Crippen LogP contribution in [0.3, 0.4) is 0 Å². The third-order valence-electron chi connectivity index (χ3n) is 2.53. The van der Waals surface area contributed by atoms with Gasteiger partial charge in [0.15, 0.2) is 0 Å². The van der Waals surface area contributed by atoms with Crippen molar-refractivity contribution < 1.29 is 13.2 Å². The van der Waals surface area contributed by atoms with Gasteiger partial charge in [-0.2, -0.15) is 5.26 Å². The first-order chi connectivity index (χ1) is 9.30. The van der Waals surface area contributed by atoms with E-state index in [9.17, 15) is 13.2 Å². The van der Waals surface area contributed by atoms with Crippen LogP contribution in [-0.4, -0.2) is 51.4 Å². The van der Waals surface area contributed by atoms with E-state index in [0.29, 0.717) is 17.8 Å². The van der Waals surface area contributed by atoms with Crippen LogP contribution in [0.5, 0.6) is 0 Å². The highest BCUT2D eigenvalue weighted by atomic mass is 32.2. The average molecular weight is 295 g/mol. The molecule has 7 heteroatoms. The largest absolute Gasteiger partial charge is 0.325 e. The van der Waals surface area contributed by atoms with Crippen molar-refractivity contribution >= 4 is 21.4 Å². The predicted octanol–water partition coefficient (Wildman–Crippen LogP) is 0.473. The molecule has 1 N–H and O–H groups in total. The van der Waals surface area contributed by atoms with E-state index in [2.05, 4.69) is 5.32 Å². The lowest BCUT2D eigenvalue weighted by molar-refractivity contribution is -0.117. The molecule has 0 aliphatic rings. The van der Waals surface area contributed by atoms with Crippen molar-refractivity contribution in [2.24, 2.45) is 0 Å². The number of amides is 1. The first kappa shape index (κ1) is 16.1. The summed E-state index contributed by atoms with van der Waals surface area (Å²) in [6.45, 7) is 0.386. The number of anilines is 1. The highest BCUT2D eigenvalue weighted by molar-refractivity contribution is 7.90. The molecular formula is C13H17N3O3S. The minimum atomic E-state index is -3.03. The Morgan fingerprint density at radius 1 is 1.45 bits per heavy atom. The van der Waals surface area contributed by atoms with Crippen molar-refractivity contribution in [2.75, 3.05) is 37.5 Å². The molecule has 0 unspecified atom stereocenters. The number of hydrogen-bond acceptors (Lipinski definition) is 5. The highest BCUT2D eigenvalue weighted by Crippen LogP contribution is 2.09. The number of nitriles is 1. The highest BCUT2D eigenvalue weighted by Gasteiger charge is 2.10. The van der Waals surface area contributed by atoms with E-state index in [-0.39, 0.29) is 18.2 Å². The molecule has 20 heavy (non-hydrogen) atoms. The first-order valence-electron chi connectivity index (χ1n) is 5.96. The van der Waals surface area contributed by atoms with Crippen LogP contribution in [0.1, 0.15) is 5.56 Å². The number of likely N-dealkylation sites (N-methyl/N-ethyl adjacent to an activating group) is 1. The number of nitrogens with one attached hydrogen (secondary N) is 1. The molecule has 1 rings (SSSR count). The smallest absolute Gasteiger partial charge is 0.238 e. The van der Waals surface area contributed by atoms with Gasteiger partial charge >= 0.3 is 0 Å². The maximum atomic E-state index is 11.8. The minimum Gasteiger partial charge on any atom is -0.325 e. The lowest BCUT2D eigenvalue weighted by Gasteiger charge is -2.15. The fourth-order valence-corrected chi connectivity index (χ4v) is 2.16. The summed E-state index contributed by atoms with van der Waals surface area (Å²) in [5, 5.41) is 11.4. The van der Waals surface area contributed by atoms with Gasteiger partial charge in [-0.25, -0.2) is 8.42 Å². The summed E-state index contributed by atoms with van der Waals surface area (Å²) < 4.78 is 22.1. The van der Waals surface area contributed by atoms with Gasteiger partial charge in [0.1, 0.15) is 9.84 Å². The van der Waals surface area contributed by atoms with Crippen LogP contribution in [0.4, 0.5) is 5.69 Å². The number of carbonyl (C=O) groups is 1. The second-order valence-electron chi connectivity index (χ2n) is 4.61. The quantitative estimate of drug-likeness (QED) is 0.824. The lowest BCUT2D eigenvalue weighted by Crippen LogP contribution is -2.33. The molecule has 1 amide bonds. The number of sulfone groups is 1. The second-order valence-corrected chi connectivity index (χ2v) is 6.87. The van der Waals surface area contributed by atoms with Crippen LogP contribution >= 0.6 is 0 Å². The Labute approximate surface area is 118 Å². The maximum absolute atomic E-state index is 11.8. The van der Waals surface area contributed by atoms with E-state index >= 15 is 0 Å². The van der Waals surface area contributed by atoms with Crippen LogP contribution < -0.4 is 5.32 Å². The molecule has 0 atom stereocenters. The summed E-state index contributed by atoms with van der Waals surface area (Å²) >= 11 is 0. The van der Waals surface area contributed by atoms with E-state index in [1.807, 2.05) is 6.07 Å². The van der Waals surface area contributed by atoms with Gasteiger partial charge < -0.3 is 5.32 Å². The van der Waals surface area contributed by atoms with Crippen molar-refractivity contribution in [3.05, 3.63) is 29.8 Å². The molecule has 0 radical (unpaired) electrons. The Balaban J connectivity index is 2.49. The molecule has 0 aliphatic heterocycles. The van der Waals surface area contributed by atoms with Gasteiger partial charge in [0, 0.05) is 18.5 Å². The number of rotatable bonds is 6. The van der Waals surface area contributed by atoms with Crippen molar-refractivity contribution in [2.45, 2.75) is 0 Å². The minimum absolute atomic E-state index is 0.0146. The zero-order valence-corrected chi connectivity index (χ0v) is 12.3. The standard InChI is InChI=1S/C13H17N3O3S/c1-16(6-7-20(2,18)19)10-13(17)15-12-5-3-4-11(8-12)9-14/h3-5,8H,6-7,10H2,1-2H3,(H,15,17). The monoisotopic (exact) mass is 295 g/mol. The van der Waals surface area contributed by atoms with Gasteiger partial charge in [-0.3, -0.25) is 9.69 Å². The van der Waals surface area contributed by atoms with Crippen LogP contribution in [0, 0.1) is 11.3 Å². The van der Waals surface area contributed by atoms with Gasteiger partial charge in [-0.05, 0) is 25.2 Å². The van der Waals surface area contributed by atoms with Gasteiger partial charge in [0.25, 0.3) is 0 Å². The zero-order valence-electron chi connectivity index (χ0n) is 11.5. The normalized spacial score (nSPS) is 11.1. The van der Waals surface area contributed by atoms with E-state index in [1.165, 1.54) is 0 Å². The summed E-state index contributed by atoms with van der Waals surface area (Å²) in [6.07, 6.45) is 1.16. The number of hydrogen-bond donors (Lipinski definition) is 1. The fourth-order valence-electron chi connectivity index (χ4n) is 1.51. The van der Waals surface area contributed by atoms with Gasteiger partial charge in [-0.1, -0.05) is 6.07 Å².